The molecule has 2 heteroatoms. The van der Waals surface area contributed by atoms with Crippen molar-refractivity contribution in [2.24, 2.45) is 11.8 Å². The highest BCUT2D eigenvalue weighted by Crippen LogP contribution is 2.34. The van der Waals surface area contributed by atoms with Gasteiger partial charge in [0.25, 0.3) is 0 Å². The molecular formula is C15H30N2. The van der Waals surface area contributed by atoms with Gasteiger partial charge in [-0.25, -0.2) is 0 Å². The fraction of sp³-hybridized carbons (Fsp3) is 1.00. The van der Waals surface area contributed by atoms with Crippen LogP contribution in [0.25, 0.3) is 0 Å². The van der Waals surface area contributed by atoms with Crippen LogP contribution in [-0.4, -0.2) is 36.6 Å². The number of nitrogens with zero attached hydrogens (tertiary/aromatic N) is 1. The maximum atomic E-state index is 3.68. The average Bonchev–Trinajstić information content (AvgIpc) is 2.25. The zero-order valence-corrected chi connectivity index (χ0v) is 11.9. The van der Waals surface area contributed by atoms with Gasteiger partial charge in [-0.1, -0.05) is 27.2 Å². The predicted molar refractivity (Wildman–Crippen MR) is 74.2 cm³/mol. The van der Waals surface area contributed by atoms with Crippen LogP contribution in [0.4, 0.5) is 0 Å². The molecule has 1 aliphatic heterocycles. The number of rotatable bonds is 5. The fourth-order valence-corrected chi connectivity index (χ4v) is 3.75. The van der Waals surface area contributed by atoms with Gasteiger partial charge in [-0.05, 0) is 44.1 Å². The van der Waals surface area contributed by atoms with Crippen LogP contribution in [0, 0.1) is 11.8 Å². The van der Waals surface area contributed by atoms with Crippen molar-refractivity contribution in [3.63, 3.8) is 0 Å². The van der Waals surface area contributed by atoms with Gasteiger partial charge in [0.2, 0.25) is 0 Å². The quantitative estimate of drug-likeness (QED) is 0.792. The van der Waals surface area contributed by atoms with Crippen molar-refractivity contribution >= 4 is 0 Å². The van der Waals surface area contributed by atoms with Gasteiger partial charge in [-0.3, -0.25) is 4.90 Å². The number of piperidine rings is 1. The molecule has 2 nitrogen and oxygen atoms in total. The summed E-state index contributed by atoms with van der Waals surface area (Å²) in [5, 5.41) is 3.68. The first-order valence-electron chi connectivity index (χ1n) is 7.70. The first kappa shape index (κ1) is 13.4. The standard InChI is InChI=1S/C15H30N2/c1-4-6-13-9-14(16-5-2)11-17(10-13)15-7-12(3)8-15/h12-16H,4-11H2,1-3H3. The molecule has 1 N–H and O–H groups in total. The van der Waals surface area contributed by atoms with Gasteiger partial charge in [0, 0.05) is 25.2 Å². The van der Waals surface area contributed by atoms with Gasteiger partial charge in [-0.15, -0.1) is 0 Å². The third kappa shape index (κ3) is 3.45. The summed E-state index contributed by atoms with van der Waals surface area (Å²) < 4.78 is 0. The Balaban J connectivity index is 1.86. The molecule has 0 bridgehead atoms. The number of hydrogen-bond donors (Lipinski definition) is 1. The molecule has 0 aromatic heterocycles. The summed E-state index contributed by atoms with van der Waals surface area (Å²) in [6.45, 7) is 10.7. The van der Waals surface area contributed by atoms with E-state index >= 15 is 0 Å². The molecule has 1 heterocycles. The molecule has 0 amide bonds. The van der Waals surface area contributed by atoms with E-state index in [1.165, 1.54) is 45.2 Å². The Labute approximate surface area is 107 Å². The first-order chi connectivity index (χ1) is 8.22. The van der Waals surface area contributed by atoms with Gasteiger partial charge in [0.15, 0.2) is 0 Å². The number of hydrogen-bond acceptors (Lipinski definition) is 2. The Kier molecular flexibility index (Phi) is 4.87. The third-order valence-electron chi connectivity index (χ3n) is 4.62. The Hall–Kier alpha value is -0.0800. The van der Waals surface area contributed by atoms with E-state index in [0.29, 0.717) is 0 Å². The molecule has 17 heavy (non-hydrogen) atoms. The molecule has 2 fully saturated rings. The SMILES string of the molecule is CCCC1CC(NCC)CN(C2CC(C)C2)C1. The minimum Gasteiger partial charge on any atom is -0.313 e. The van der Waals surface area contributed by atoms with Crippen molar-refractivity contribution in [1.29, 1.82) is 0 Å². The van der Waals surface area contributed by atoms with E-state index < -0.39 is 0 Å². The topological polar surface area (TPSA) is 15.3 Å². The van der Waals surface area contributed by atoms with Crippen molar-refractivity contribution in [2.75, 3.05) is 19.6 Å². The summed E-state index contributed by atoms with van der Waals surface area (Å²) in [4.78, 5) is 2.79. The zero-order valence-electron chi connectivity index (χ0n) is 11.9. The van der Waals surface area contributed by atoms with Crippen LogP contribution in [0.2, 0.25) is 0 Å². The van der Waals surface area contributed by atoms with Crippen LogP contribution in [0.3, 0.4) is 0 Å². The maximum Gasteiger partial charge on any atom is 0.0198 e. The van der Waals surface area contributed by atoms with Crippen LogP contribution in [0.5, 0.6) is 0 Å². The summed E-state index contributed by atoms with van der Waals surface area (Å²) in [5.74, 6) is 1.91. The van der Waals surface area contributed by atoms with E-state index in [0.717, 1.165) is 30.5 Å². The van der Waals surface area contributed by atoms with E-state index in [1.54, 1.807) is 0 Å². The smallest absolute Gasteiger partial charge is 0.0198 e. The zero-order chi connectivity index (χ0) is 12.3. The monoisotopic (exact) mass is 238 g/mol. The molecule has 1 saturated carbocycles. The van der Waals surface area contributed by atoms with Crippen LogP contribution in [-0.2, 0) is 0 Å². The van der Waals surface area contributed by atoms with Crippen molar-refractivity contribution < 1.29 is 0 Å². The molecular weight excluding hydrogens is 208 g/mol. The van der Waals surface area contributed by atoms with E-state index in [-0.39, 0.29) is 0 Å². The summed E-state index contributed by atoms with van der Waals surface area (Å²) in [6.07, 6.45) is 7.05. The molecule has 1 aliphatic carbocycles. The molecule has 2 unspecified atom stereocenters. The highest BCUT2D eigenvalue weighted by Gasteiger charge is 2.35. The van der Waals surface area contributed by atoms with Gasteiger partial charge in [0.05, 0.1) is 0 Å². The van der Waals surface area contributed by atoms with E-state index in [4.69, 9.17) is 0 Å². The van der Waals surface area contributed by atoms with Crippen LogP contribution in [0.1, 0.15) is 52.9 Å². The molecule has 100 valence electrons. The van der Waals surface area contributed by atoms with Gasteiger partial charge in [0.1, 0.15) is 0 Å². The summed E-state index contributed by atoms with van der Waals surface area (Å²) >= 11 is 0. The first-order valence-corrected chi connectivity index (χ1v) is 7.70. The largest absolute Gasteiger partial charge is 0.313 e. The van der Waals surface area contributed by atoms with Gasteiger partial charge in [-0.2, -0.15) is 0 Å². The summed E-state index contributed by atoms with van der Waals surface area (Å²) in [7, 11) is 0. The molecule has 0 spiro atoms. The van der Waals surface area contributed by atoms with Crippen LogP contribution >= 0.6 is 0 Å². The summed E-state index contributed by atoms with van der Waals surface area (Å²) in [6, 6.07) is 1.66. The Morgan fingerprint density at radius 1 is 1.12 bits per heavy atom. The second-order valence-corrected chi connectivity index (χ2v) is 6.33. The molecule has 2 rings (SSSR count). The second-order valence-electron chi connectivity index (χ2n) is 6.33. The Morgan fingerprint density at radius 2 is 1.88 bits per heavy atom. The van der Waals surface area contributed by atoms with Gasteiger partial charge >= 0.3 is 0 Å². The highest BCUT2D eigenvalue weighted by atomic mass is 15.2. The average molecular weight is 238 g/mol. The van der Waals surface area contributed by atoms with E-state index in [2.05, 4.69) is 31.0 Å². The lowest BCUT2D eigenvalue weighted by molar-refractivity contribution is 0.0322. The Bertz CT molecular complexity index is 209. The molecule has 2 atom stereocenters. The van der Waals surface area contributed by atoms with Crippen LogP contribution in [0.15, 0.2) is 0 Å². The number of likely N-dealkylation sites (N-methyl/N-ethyl adjacent to an activating group) is 1. The molecule has 0 aromatic carbocycles. The maximum absolute atomic E-state index is 3.68. The van der Waals surface area contributed by atoms with Gasteiger partial charge < -0.3 is 5.32 Å². The van der Waals surface area contributed by atoms with Crippen LogP contribution < -0.4 is 5.32 Å². The van der Waals surface area contributed by atoms with Crippen molar-refractivity contribution in [3.8, 4) is 0 Å². The van der Waals surface area contributed by atoms with Crippen molar-refractivity contribution in [2.45, 2.75) is 65.0 Å². The fourth-order valence-electron chi connectivity index (χ4n) is 3.75. The van der Waals surface area contributed by atoms with E-state index in [1.807, 2.05) is 0 Å². The lowest BCUT2D eigenvalue weighted by Gasteiger charge is -2.47. The highest BCUT2D eigenvalue weighted by molar-refractivity contribution is 4.91. The predicted octanol–water partition coefficient (Wildman–Crippen LogP) is 2.89. The minimum atomic E-state index is 0.751. The third-order valence-corrected chi connectivity index (χ3v) is 4.62. The molecule has 1 saturated heterocycles. The lowest BCUT2D eigenvalue weighted by Crippen LogP contribution is -2.55. The van der Waals surface area contributed by atoms with E-state index in [9.17, 15) is 0 Å². The summed E-state index contributed by atoms with van der Waals surface area (Å²) in [5.41, 5.74) is 0. The Morgan fingerprint density at radius 3 is 2.47 bits per heavy atom. The molecule has 0 aromatic rings. The normalized spacial score (nSPS) is 39.0. The molecule has 0 radical (unpaired) electrons. The number of likely N-dealkylation sites (tertiary alicyclic amines) is 1. The molecule has 2 aliphatic rings. The minimum absolute atomic E-state index is 0.751. The van der Waals surface area contributed by atoms with Crippen molar-refractivity contribution in [3.05, 3.63) is 0 Å². The van der Waals surface area contributed by atoms with Crippen molar-refractivity contribution in [1.82, 2.24) is 10.2 Å². The lowest BCUT2D eigenvalue weighted by atomic mass is 9.78. The second kappa shape index (κ2) is 6.19. The number of nitrogens with one attached hydrogen (secondary N) is 1.